The Labute approximate surface area is 183 Å². The lowest BCUT2D eigenvalue weighted by molar-refractivity contribution is 0.0875. The minimum atomic E-state index is -3.75. The third-order valence-corrected chi connectivity index (χ3v) is 9.28. The van der Waals surface area contributed by atoms with E-state index in [0.29, 0.717) is 18.4 Å². The number of benzene rings is 2. The molecule has 0 aromatic heterocycles. The lowest BCUT2D eigenvalue weighted by Crippen LogP contribution is -2.40. The summed E-state index contributed by atoms with van der Waals surface area (Å²) in [5, 5.41) is 0. The fourth-order valence-corrected chi connectivity index (χ4v) is 6.52. The predicted molar refractivity (Wildman–Crippen MR) is 117 cm³/mol. The van der Waals surface area contributed by atoms with Gasteiger partial charge in [0.1, 0.15) is 0 Å². The van der Waals surface area contributed by atoms with Gasteiger partial charge in [-0.15, -0.1) is 0 Å². The fraction of sp³-hybridized carbons (Fsp3) is 0.409. The Morgan fingerprint density at radius 2 is 1.39 bits per heavy atom. The van der Waals surface area contributed by atoms with Crippen molar-refractivity contribution < 1.29 is 21.6 Å². The van der Waals surface area contributed by atoms with Crippen LogP contribution in [0.15, 0.2) is 58.3 Å². The fourth-order valence-electron chi connectivity index (χ4n) is 3.74. The van der Waals surface area contributed by atoms with E-state index >= 15 is 0 Å². The van der Waals surface area contributed by atoms with E-state index in [4.69, 9.17) is 0 Å². The Hall–Kier alpha value is -2.07. The average molecular weight is 463 g/mol. The first-order valence-corrected chi connectivity index (χ1v) is 13.3. The summed E-state index contributed by atoms with van der Waals surface area (Å²) >= 11 is 0. The van der Waals surface area contributed by atoms with Gasteiger partial charge in [-0.25, -0.2) is 21.6 Å². The van der Waals surface area contributed by atoms with E-state index in [2.05, 4.69) is 4.72 Å². The first-order valence-electron chi connectivity index (χ1n) is 10.4. The number of hydrogen-bond donors (Lipinski definition) is 1. The normalized spacial score (nSPS) is 18.7. The van der Waals surface area contributed by atoms with Gasteiger partial charge >= 0.3 is 0 Å². The number of nitrogens with one attached hydrogen (secondary N) is 1. The van der Waals surface area contributed by atoms with E-state index in [0.717, 1.165) is 18.4 Å². The summed E-state index contributed by atoms with van der Waals surface area (Å²) < 4.78 is 54.5. The second kappa shape index (κ2) is 8.46. The van der Waals surface area contributed by atoms with Gasteiger partial charge in [0.05, 0.1) is 9.79 Å². The minimum absolute atomic E-state index is 0.0164. The number of carbonyl (C=O) groups is 1. The summed E-state index contributed by atoms with van der Waals surface area (Å²) in [7, 11) is -7.37. The predicted octanol–water partition coefficient (Wildman–Crippen LogP) is 2.72. The summed E-state index contributed by atoms with van der Waals surface area (Å²) in [5.41, 5.74) is 1.74. The summed E-state index contributed by atoms with van der Waals surface area (Å²) in [6.07, 6.45) is 2.58. The molecule has 2 fully saturated rings. The van der Waals surface area contributed by atoms with Gasteiger partial charge in [0.2, 0.25) is 20.0 Å². The average Bonchev–Trinajstić information content (AvgIpc) is 3.57. The lowest BCUT2D eigenvalue weighted by Gasteiger charge is -2.30. The highest BCUT2D eigenvalue weighted by atomic mass is 32.2. The molecule has 0 bridgehead atoms. The van der Waals surface area contributed by atoms with Gasteiger partial charge in [-0.05, 0) is 56.9 Å². The van der Waals surface area contributed by atoms with Crippen LogP contribution in [0.25, 0.3) is 0 Å². The highest BCUT2D eigenvalue weighted by Crippen LogP contribution is 2.27. The van der Waals surface area contributed by atoms with E-state index in [1.807, 2.05) is 31.2 Å². The van der Waals surface area contributed by atoms with Crippen molar-refractivity contribution in [3.8, 4) is 0 Å². The lowest BCUT2D eigenvalue weighted by atomic mass is 9.89. The molecule has 1 aliphatic heterocycles. The van der Waals surface area contributed by atoms with Crippen LogP contribution >= 0.6 is 0 Å². The molecule has 7 nitrogen and oxygen atoms in total. The SMILES string of the molecule is Cc1ccc(C(=O)C2CCN(S(=O)(=O)c3ccc(S(=O)(=O)NC4CC4)cc3)CC2)cc1. The molecule has 0 amide bonds. The third kappa shape index (κ3) is 4.90. The number of carbonyl (C=O) groups excluding carboxylic acids is 1. The molecule has 1 saturated heterocycles. The maximum Gasteiger partial charge on any atom is 0.243 e. The van der Waals surface area contributed by atoms with Gasteiger partial charge in [0.25, 0.3) is 0 Å². The summed E-state index contributed by atoms with van der Waals surface area (Å²) in [6, 6.07) is 12.7. The van der Waals surface area contributed by atoms with Crippen molar-refractivity contribution in [1.82, 2.24) is 9.03 Å². The summed E-state index contributed by atoms with van der Waals surface area (Å²) in [5.74, 6) is -0.148. The first-order chi connectivity index (χ1) is 14.7. The number of hydrogen-bond acceptors (Lipinski definition) is 5. The number of sulfonamides is 2. The summed E-state index contributed by atoms with van der Waals surface area (Å²) in [4.78, 5) is 12.8. The Balaban J connectivity index is 1.41. The monoisotopic (exact) mass is 462 g/mol. The zero-order valence-electron chi connectivity index (χ0n) is 17.3. The highest BCUT2D eigenvalue weighted by molar-refractivity contribution is 7.89. The van der Waals surface area contributed by atoms with Crippen molar-refractivity contribution in [2.24, 2.45) is 5.92 Å². The van der Waals surface area contributed by atoms with Gasteiger partial charge in [-0.2, -0.15) is 4.31 Å². The van der Waals surface area contributed by atoms with Crippen molar-refractivity contribution in [2.75, 3.05) is 13.1 Å². The van der Waals surface area contributed by atoms with Gasteiger partial charge in [-0.3, -0.25) is 4.79 Å². The van der Waals surface area contributed by atoms with Gasteiger partial charge in [0, 0.05) is 30.6 Å². The minimum Gasteiger partial charge on any atom is -0.294 e. The van der Waals surface area contributed by atoms with Crippen LogP contribution in [0.4, 0.5) is 0 Å². The van der Waals surface area contributed by atoms with E-state index < -0.39 is 20.0 Å². The Bertz CT molecular complexity index is 1160. The van der Waals surface area contributed by atoms with Crippen molar-refractivity contribution in [3.05, 3.63) is 59.7 Å². The van der Waals surface area contributed by atoms with Crippen LogP contribution < -0.4 is 4.72 Å². The molecular weight excluding hydrogens is 436 g/mol. The molecule has 2 aliphatic rings. The molecule has 0 spiro atoms. The van der Waals surface area contributed by atoms with Crippen LogP contribution in [0.2, 0.25) is 0 Å². The molecule has 31 heavy (non-hydrogen) atoms. The maximum absolute atomic E-state index is 13.0. The van der Waals surface area contributed by atoms with E-state index in [9.17, 15) is 21.6 Å². The van der Waals surface area contributed by atoms with Crippen LogP contribution in [-0.2, 0) is 20.0 Å². The number of aryl methyl sites for hydroxylation is 1. The van der Waals surface area contributed by atoms with E-state index in [-0.39, 0.29) is 40.6 Å². The Kier molecular flexibility index (Phi) is 6.04. The molecule has 1 heterocycles. The number of nitrogens with zero attached hydrogens (tertiary/aromatic N) is 1. The third-order valence-electron chi connectivity index (χ3n) is 5.83. The molecule has 166 valence electrons. The van der Waals surface area contributed by atoms with Crippen molar-refractivity contribution >= 4 is 25.8 Å². The van der Waals surface area contributed by atoms with Crippen LogP contribution in [0.5, 0.6) is 0 Å². The molecular formula is C22H26N2O5S2. The molecule has 0 unspecified atom stereocenters. The largest absolute Gasteiger partial charge is 0.294 e. The van der Waals surface area contributed by atoms with Crippen molar-refractivity contribution in [3.63, 3.8) is 0 Å². The van der Waals surface area contributed by atoms with Crippen molar-refractivity contribution in [2.45, 2.75) is 48.4 Å². The maximum atomic E-state index is 13.0. The topological polar surface area (TPSA) is 101 Å². The highest BCUT2D eigenvalue weighted by Gasteiger charge is 2.33. The molecule has 1 N–H and O–H groups in total. The summed E-state index contributed by atoms with van der Waals surface area (Å²) in [6.45, 7) is 2.48. The molecule has 1 saturated carbocycles. The molecule has 2 aromatic rings. The number of piperidine rings is 1. The number of rotatable bonds is 7. The van der Waals surface area contributed by atoms with Gasteiger partial charge in [0.15, 0.2) is 5.78 Å². The first kappa shape index (κ1) is 22.1. The molecule has 1 aliphatic carbocycles. The second-order valence-corrected chi connectivity index (χ2v) is 11.9. The van der Waals surface area contributed by atoms with Crippen LogP contribution in [-0.4, -0.2) is 46.1 Å². The van der Waals surface area contributed by atoms with E-state index in [1.54, 1.807) is 0 Å². The Morgan fingerprint density at radius 1 is 0.839 bits per heavy atom. The molecule has 0 atom stereocenters. The zero-order chi connectivity index (χ0) is 22.2. The molecule has 9 heteroatoms. The number of ketones is 1. The molecule has 2 aromatic carbocycles. The van der Waals surface area contributed by atoms with Crippen LogP contribution in [0.1, 0.15) is 41.6 Å². The molecule has 0 radical (unpaired) electrons. The quantitative estimate of drug-likeness (QED) is 0.638. The van der Waals surface area contributed by atoms with Gasteiger partial charge < -0.3 is 0 Å². The van der Waals surface area contributed by atoms with Gasteiger partial charge in [-0.1, -0.05) is 29.8 Å². The molecule has 4 rings (SSSR count). The smallest absolute Gasteiger partial charge is 0.243 e. The second-order valence-electron chi connectivity index (χ2n) is 8.28. The van der Waals surface area contributed by atoms with Crippen LogP contribution in [0.3, 0.4) is 0 Å². The van der Waals surface area contributed by atoms with Crippen molar-refractivity contribution in [1.29, 1.82) is 0 Å². The van der Waals surface area contributed by atoms with Crippen LogP contribution in [0, 0.1) is 12.8 Å². The standard InChI is InChI=1S/C22H26N2O5S2/c1-16-2-4-17(5-3-16)22(25)18-12-14-24(15-13-18)31(28,29)21-10-8-20(9-11-21)30(26,27)23-19-6-7-19/h2-5,8-11,18-19,23H,6-7,12-15H2,1H3. The van der Waals surface area contributed by atoms with E-state index in [1.165, 1.54) is 28.6 Å². The number of Topliss-reactive ketones (excluding diaryl/α,β-unsaturated/α-hetero) is 1. The zero-order valence-corrected chi connectivity index (χ0v) is 19.0. The Morgan fingerprint density at radius 3 is 1.94 bits per heavy atom.